The van der Waals surface area contributed by atoms with Gasteiger partial charge < -0.3 is 0 Å². The van der Waals surface area contributed by atoms with Crippen LogP contribution in [0.25, 0.3) is 0 Å². The minimum atomic E-state index is 0.183. The zero-order chi connectivity index (χ0) is 7.24. The summed E-state index contributed by atoms with van der Waals surface area (Å²) < 4.78 is 0.366. The maximum Gasteiger partial charge on any atom is 0.0618 e. The molecule has 2 bridgehead atoms. The zero-order valence-corrected chi connectivity index (χ0v) is 8.65. The lowest BCUT2D eigenvalue weighted by Crippen LogP contribution is -2.33. The third-order valence-electron chi connectivity index (χ3n) is 2.17. The van der Waals surface area contributed by atoms with Crippen LogP contribution in [0.3, 0.4) is 0 Å². The summed E-state index contributed by atoms with van der Waals surface area (Å²) in [5.74, 6) is 0. The normalized spacial score (nSPS) is 50.2. The van der Waals surface area contributed by atoms with Crippen LogP contribution >= 0.6 is 31.9 Å². The van der Waals surface area contributed by atoms with Crippen molar-refractivity contribution < 1.29 is 0 Å². The number of halogens is 2. The molecule has 0 aromatic heterocycles. The van der Waals surface area contributed by atoms with E-state index in [1.807, 2.05) is 0 Å². The van der Waals surface area contributed by atoms with Crippen molar-refractivity contribution in [1.29, 1.82) is 0 Å². The SMILES string of the molecule is BrC12C=CC(Br)(C=C1)CC2. The fourth-order valence-corrected chi connectivity index (χ4v) is 2.31. The van der Waals surface area contributed by atoms with Crippen LogP contribution in [0.5, 0.6) is 0 Å². The highest BCUT2D eigenvalue weighted by Gasteiger charge is 2.36. The van der Waals surface area contributed by atoms with Crippen LogP contribution in [-0.4, -0.2) is 8.65 Å². The Morgan fingerprint density at radius 1 is 0.800 bits per heavy atom. The molecule has 0 heterocycles. The first-order valence-electron chi connectivity index (χ1n) is 3.41. The Kier molecular flexibility index (Phi) is 1.41. The average molecular weight is 264 g/mol. The number of hydrogen-bond acceptors (Lipinski definition) is 0. The number of alkyl halides is 2. The maximum absolute atomic E-state index is 3.66. The molecular weight excluding hydrogens is 256 g/mol. The largest absolute Gasteiger partial charge is 0.0762 e. The lowest BCUT2D eigenvalue weighted by Gasteiger charge is -2.37. The minimum absolute atomic E-state index is 0.183. The highest BCUT2D eigenvalue weighted by molar-refractivity contribution is 9.10. The second kappa shape index (κ2) is 1.98. The molecular formula is C8H8Br2. The third-order valence-corrected chi connectivity index (χ3v) is 4.02. The molecule has 0 nitrogen and oxygen atoms in total. The molecule has 0 aliphatic heterocycles. The first-order valence-corrected chi connectivity index (χ1v) is 4.99. The van der Waals surface area contributed by atoms with Gasteiger partial charge in [-0.25, -0.2) is 0 Å². The topological polar surface area (TPSA) is 0 Å². The van der Waals surface area contributed by atoms with E-state index < -0.39 is 0 Å². The van der Waals surface area contributed by atoms with Gasteiger partial charge in [-0.3, -0.25) is 0 Å². The Hall–Kier alpha value is 0.440. The molecule has 0 unspecified atom stereocenters. The monoisotopic (exact) mass is 262 g/mol. The van der Waals surface area contributed by atoms with Crippen molar-refractivity contribution >= 4 is 31.9 Å². The quantitative estimate of drug-likeness (QED) is 0.465. The average Bonchev–Trinajstić information content (AvgIpc) is 1.93. The Morgan fingerprint density at radius 2 is 1.10 bits per heavy atom. The van der Waals surface area contributed by atoms with Gasteiger partial charge in [0.05, 0.1) is 8.65 Å². The van der Waals surface area contributed by atoms with Crippen LogP contribution in [-0.2, 0) is 0 Å². The first-order chi connectivity index (χ1) is 4.62. The van der Waals surface area contributed by atoms with Crippen molar-refractivity contribution in [2.75, 3.05) is 0 Å². The molecule has 3 aliphatic rings. The Labute approximate surface area is 77.6 Å². The molecule has 0 N–H and O–H groups in total. The van der Waals surface area contributed by atoms with Gasteiger partial charge in [-0.2, -0.15) is 0 Å². The number of allylic oxidation sites excluding steroid dienone is 4. The van der Waals surface area contributed by atoms with Crippen molar-refractivity contribution in [2.45, 2.75) is 21.5 Å². The van der Waals surface area contributed by atoms with Gasteiger partial charge >= 0.3 is 0 Å². The van der Waals surface area contributed by atoms with Crippen molar-refractivity contribution in [1.82, 2.24) is 0 Å². The van der Waals surface area contributed by atoms with Gasteiger partial charge in [-0.15, -0.1) is 0 Å². The first kappa shape index (κ1) is 7.11. The van der Waals surface area contributed by atoms with E-state index >= 15 is 0 Å². The predicted octanol–water partition coefficient (Wildman–Crippen LogP) is 3.17. The van der Waals surface area contributed by atoms with E-state index in [1.54, 1.807) is 0 Å². The van der Waals surface area contributed by atoms with E-state index in [1.165, 1.54) is 12.8 Å². The summed E-state index contributed by atoms with van der Waals surface area (Å²) in [6.07, 6.45) is 11.3. The van der Waals surface area contributed by atoms with Crippen LogP contribution in [0.15, 0.2) is 24.3 Å². The molecule has 0 saturated heterocycles. The van der Waals surface area contributed by atoms with E-state index in [0.717, 1.165) is 0 Å². The summed E-state index contributed by atoms with van der Waals surface area (Å²) in [5, 5.41) is 0. The van der Waals surface area contributed by atoms with Crippen LogP contribution < -0.4 is 0 Å². The van der Waals surface area contributed by atoms with E-state index in [9.17, 15) is 0 Å². The number of rotatable bonds is 0. The van der Waals surface area contributed by atoms with Crippen LogP contribution in [0.1, 0.15) is 12.8 Å². The van der Waals surface area contributed by atoms with Gasteiger partial charge in [0.25, 0.3) is 0 Å². The highest BCUT2D eigenvalue weighted by atomic mass is 79.9. The molecule has 0 saturated carbocycles. The van der Waals surface area contributed by atoms with Gasteiger partial charge in [0.15, 0.2) is 0 Å². The molecule has 0 spiro atoms. The van der Waals surface area contributed by atoms with Crippen molar-refractivity contribution in [3.63, 3.8) is 0 Å². The second-order valence-corrected chi connectivity index (χ2v) is 5.97. The van der Waals surface area contributed by atoms with Crippen LogP contribution in [0, 0.1) is 0 Å². The summed E-state index contributed by atoms with van der Waals surface area (Å²) in [4.78, 5) is 0. The van der Waals surface area contributed by atoms with Crippen LogP contribution in [0.4, 0.5) is 0 Å². The van der Waals surface area contributed by atoms with Crippen LogP contribution in [0.2, 0.25) is 0 Å². The number of fused-ring (bicyclic) bond motifs is 1. The van der Waals surface area contributed by atoms with Crippen molar-refractivity contribution in [3.05, 3.63) is 24.3 Å². The smallest absolute Gasteiger partial charge is 0.0618 e. The Morgan fingerprint density at radius 3 is 1.30 bits per heavy atom. The molecule has 0 aromatic carbocycles. The standard InChI is InChI=1S/C8H8Br2/c9-7-1-2-8(10,5-3-7)6-4-7/h1-3,5H,4,6H2. The molecule has 0 fully saturated rings. The molecule has 0 amide bonds. The van der Waals surface area contributed by atoms with Gasteiger partial charge in [0.1, 0.15) is 0 Å². The lowest BCUT2D eigenvalue weighted by atomic mass is 9.82. The summed E-state index contributed by atoms with van der Waals surface area (Å²) in [6, 6.07) is 0. The molecule has 3 rings (SSSR count). The minimum Gasteiger partial charge on any atom is -0.0762 e. The number of hydrogen-bond donors (Lipinski definition) is 0. The maximum atomic E-state index is 3.66. The van der Waals surface area contributed by atoms with E-state index in [0.29, 0.717) is 0 Å². The van der Waals surface area contributed by atoms with Crippen molar-refractivity contribution in [2.24, 2.45) is 0 Å². The van der Waals surface area contributed by atoms with Gasteiger partial charge in [0, 0.05) is 0 Å². The van der Waals surface area contributed by atoms with Gasteiger partial charge in [-0.1, -0.05) is 56.2 Å². The fraction of sp³-hybridized carbons (Fsp3) is 0.500. The van der Waals surface area contributed by atoms with E-state index in [2.05, 4.69) is 56.2 Å². The molecule has 2 heteroatoms. The molecule has 10 heavy (non-hydrogen) atoms. The highest BCUT2D eigenvalue weighted by Crippen LogP contribution is 2.45. The Bertz CT molecular complexity index is 179. The third kappa shape index (κ3) is 1.02. The zero-order valence-electron chi connectivity index (χ0n) is 5.48. The molecule has 0 radical (unpaired) electrons. The van der Waals surface area contributed by atoms with Crippen molar-refractivity contribution in [3.8, 4) is 0 Å². The summed E-state index contributed by atoms with van der Waals surface area (Å²) >= 11 is 7.32. The van der Waals surface area contributed by atoms with E-state index in [-0.39, 0.29) is 8.65 Å². The summed E-state index contributed by atoms with van der Waals surface area (Å²) in [5.41, 5.74) is 0. The van der Waals surface area contributed by atoms with E-state index in [4.69, 9.17) is 0 Å². The molecule has 3 aliphatic carbocycles. The summed E-state index contributed by atoms with van der Waals surface area (Å²) in [7, 11) is 0. The molecule has 54 valence electrons. The van der Waals surface area contributed by atoms with Gasteiger partial charge in [-0.05, 0) is 12.8 Å². The molecule has 0 aromatic rings. The predicted molar refractivity (Wildman–Crippen MR) is 50.8 cm³/mol. The fourth-order valence-electron chi connectivity index (χ4n) is 1.38. The lowest BCUT2D eigenvalue weighted by molar-refractivity contribution is 0.600. The second-order valence-electron chi connectivity index (χ2n) is 3.02. The Balaban J connectivity index is 2.42. The van der Waals surface area contributed by atoms with Gasteiger partial charge in [0.2, 0.25) is 0 Å². The summed E-state index contributed by atoms with van der Waals surface area (Å²) in [6.45, 7) is 0. The molecule has 0 atom stereocenters.